The molecule has 0 radical (unpaired) electrons. The summed E-state index contributed by atoms with van der Waals surface area (Å²) in [6.45, 7) is 2.56. The molecule has 0 bridgehead atoms. The standard InChI is InChI=1S/C24H26N4O2/c1-25-23(29)24(18-28(11-12-30-24)17-20-6-3-9-26-15-20)14-19-5-2-7-21(13-19)22-8-4-10-27-16-22/h2-10,13,15-16H,11-12,14,17-18H2,1H3,(H,25,29)/t24-/m1/s1. The Bertz CT molecular complexity index is 981. The fourth-order valence-corrected chi connectivity index (χ4v) is 4.02. The van der Waals surface area contributed by atoms with E-state index in [0.29, 0.717) is 19.6 Å². The molecule has 1 aliphatic rings. The second-order valence-corrected chi connectivity index (χ2v) is 7.61. The molecule has 2 aromatic heterocycles. The molecule has 3 heterocycles. The van der Waals surface area contributed by atoms with Gasteiger partial charge in [0.1, 0.15) is 0 Å². The molecule has 4 rings (SSSR count). The lowest BCUT2D eigenvalue weighted by Gasteiger charge is -2.41. The average molecular weight is 402 g/mol. The summed E-state index contributed by atoms with van der Waals surface area (Å²) in [5.74, 6) is -0.0924. The average Bonchev–Trinajstić information content (AvgIpc) is 2.80. The maximum Gasteiger partial charge on any atom is 0.253 e. The lowest BCUT2D eigenvalue weighted by molar-refractivity contribution is -0.160. The fraction of sp³-hybridized carbons (Fsp3) is 0.292. The third kappa shape index (κ3) is 4.56. The molecule has 0 aliphatic carbocycles. The third-order valence-corrected chi connectivity index (χ3v) is 5.45. The van der Waals surface area contributed by atoms with Crippen LogP contribution in [0, 0.1) is 0 Å². The van der Waals surface area contributed by atoms with Gasteiger partial charge in [0, 0.05) is 57.9 Å². The van der Waals surface area contributed by atoms with E-state index >= 15 is 0 Å². The number of hydrogen-bond acceptors (Lipinski definition) is 5. The molecule has 0 unspecified atom stereocenters. The van der Waals surface area contributed by atoms with Crippen LogP contribution in [0.15, 0.2) is 73.3 Å². The molecule has 1 fully saturated rings. The first-order chi connectivity index (χ1) is 14.7. The Hall–Kier alpha value is -3.09. The molecule has 3 aromatic rings. The fourth-order valence-electron chi connectivity index (χ4n) is 4.02. The van der Waals surface area contributed by atoms with Crippen LogP contribution in [0.2, 0.25) is 0 Å². The third-order valence-electron chi connectivity index (χ3n) is 5.45. The summed E-state index contributed by atoms with van der Waals surface area (Å²) in [7, 11) is 1.67. The Balaban J connectivity index is 1.57. The zero-order valence-corrected chi connectivity index (χ0v) is 17.1. The van der Waals surface area contributed by atoms with Crippen LogP contribution in [0.1, 0.15) is 11.1 Å². The molecule has 1 saturated heterocycles. The second kappa shape index (κ2) is 9.15. The Kier molecular flexibility index (Phi) is 6.16. The molecule has 6 nitrogen and oxygen atoms in total. The molecule has 1 amide bonds. The Labute approximate surface area is 176 Å². The molecule has 1 aromatic carbocycles. The Morgan fingerprint density at radius 1 is 1.07 bits per heavy atom. The van der Waals surface area contributed by atoms with Crippen molar-refractivity contribution in [3.05, 3.63) is 84.4 Å². The van der Waals surface area contributed by atoms with Crippen molar-refractivity contribution in [3.8, 4) is 11.1 Å². The van der Waals surface area contributed by atoms with Gasteiger partial charge in [-0.3, -0.25) is 19.7 Å². The number of carbonyl (C=O) groups is 1. The Morgan fingerprint density at radius 2 is 1.83 bits per heavy atom. The summed E-state index contributed by atoms with van der Waals surface area (Å²) >= 11 is 0. The SMILES string of the molecule is CNC(=O)[C@@]1(Cc2cccc(-c3cccnc3)c2)CN(Cc2cccnc2)CCO1. The number of amides is 1. The van der Waals surface area contributed by atoms with E-state index in [2.05, 4.69) is 38.4 Å². The molecule has 154 valence electrons. The molecular formula is C24H26N4O2. The van der Waals surface area contributed by atoms with Crippen LogP contribution < -0.4 is 5.32 Å². The van der Waals surface area contributed by atoms with Crippen LogP contribution in [0.4, 0.5) is 0 Å². The smallest absolute Gasteiger partial charge is 0.253 e. The molecule has 0 saturated carbocycles. The van der Waals surface area contributed by atoms with Gasteiger partial charge in [-0.15, -0.1) is 0 Å². The van der Waals surface area contributed by atoms with Gasteiger partial charge < -0.3 is 10.1 Å². The lowest BCUT2D eigenvalue weighted by atomic mass is 9.90. The van der Waals surface area contributed by atoms with E-state index in [1.807, 2.05) is 42.7 Å². The van der Waals surface area contributed by atoms with E-state index in [0.717, 1.165) is 35.3 Å². The van der Waals surface area contributed by atoms with Crippen molar-refractivity contribution < 1.29 is 9.53 Å². The summed E-state index contributed by atoms with van der Waals surface area (Å²) in [4.78, 5) is 23.6. The zero-order valence-electron chi connectivity index (χ0n) is 17.1. The van der Waals surface area contributed by atoms with Crippen LogP contribution in [0.5, 0.6) is 0 Å². The van der Waals surface area contributed by atoms with Gasteiger partial charge in [-0.2, -0.15) is 0 Å². The van der Waals surface area contributed by atoms with Gasteiger partial charge in [-0.05, 0) is 34.4 Å². The van der Waals surface area contributed by atoms with Gasteiger partial charge in [0.15, 0.2) is 5.60 Å². The molecule has 1 atom stereocenters. The van der Waals surface area contributed by atoms with Gasteiger partial charge in [0.25, 0.3) is 5.91 Å². The highest BCUT2D eigenvalue weighted by Crippen LogP contribution is 2.27. The maximum atomic E-state index is 13.0. The van der Waals surface area contributed by atoms with Crippen molar-refractivity contribution in [1.82, 2.24) is 20.2 Å². The second-order valence-electron chi connectivity index (χ2n) is 7.61. The number of carbonyl (C=O) groups excluding carboxylic acids is 1. The van der Waals surface area contributed by atoms with Crippen molar-refractivity contribution >= 4 is 5.91 Å². The molecular weight excluding hydrogens is 376 g/mol. The first-order valence-electron chi connectivity index (χ1n) is 10.2. The number of aromatic nitrogens is 2. The minimum absolute atomic E-state index is 0.0924. The van der Waals surface area contributed by atoms with Crippen LogP contribution in [-0.2, 0) is 22.5 Å². The van der Waals surface area contributed by atoms with E-state index < -0.39 is 5.60 Å². The van der Waals surface area contributed by atoms with Crippen molar-refractivity contribution in [3.63, 3.8) is 0 Å². The van der Waals surface area contributed by atoms with Gasteiger partial charge in [-0.25, -0.2) is 0 Å². The van der Waals surface area contributed by atoms with E-state index in [9.17, 15) is 4.79 Å². The highest BCUT2D eigenvalue weighted by atomic mass is 16.5. The number of benzene rings is 1. The number of hydrogen-bond donors (Lipinski definition) is 1. The van der Waals surface area contributed by atoms with Gasteiger partial charge in [0.05, 0.1) is 6.61 Å². The highest BCUT2D eigenvalue weighted by Gasteiger charge is 2.43. The van der Waals surface area contributed by atoms with Crippen LogP contribution >= 0.6 is 0 Å². The summed E-state index contributed by atoms with van der Waals surface area (Å²) in [6.07, 6.45) is 7.76. The normalized spacial score (nSPS) is 19.4. The van der Waals surface area contributed by atoms with E-state index in [4.69, 9.17) is 4.74 Å². The summed E-state index contributed by atoms with van der Waals surface area (Å²) < 4.78 is 6.15. The summed E-state index contributed by atoms with van der Waals surface area (Å²) in [5.41, 5.74) is 3.39. The number of nitrogens with one attached hydrogen (secondary N) is 1. The van der Waals surface area contributed by atoms with Crippen molar-refractivity contribution in [1.29, 1.82) is 0 Å². The van der Waals surface area contributed by atoms with Crippen LogP contribution in [-0.4, -0.2) is 53.1 Å². The number of pyridine rings is 2. The van der Waals surface area contributed by atoms with Crippen molar-refractivity contribution in [2.75, 3.05) is 26.7 Å². The van der Waals surface area contributed by atoms with Crippen LogP contribution in [0.3, 0.4) is 0 Å². The number of morpholine rings is 1. The Morgan fingerprint density at radius 3 is 2.57 bits per heavy atom. The van der Waals surface area contributed by atoms with Gasteiger partial charge in [-0.1, -0.05) is 36.4 Å². The summed E-state index contributed by atoms with van der Waals surface area (Å²) in [5, 5.41) is 2.81. The van der Waals surface area contributed by atoms with E-state index in [1.165, 1.54) is 0 Å². The summed E-state index contributed by atoms with van der Waals surface area (Å²) in [6, 6.07) is 16.2. The van der Waals surface area contributed by atoms with E-state index in [-0.39, 0.29) is 5.91 Å². The number of likely N-dealkylation sites (N-methyl/N-ethyl adjacent to an activating group) is 1. The zero-order chi connectivity index (χ0) is 20.8. The van der Waals surface area contributed by atoms with Gasteiger partial charge in [0.2, 0.25) is 0 Å². The lowest BCUT2D eigenvalue weighted by Crippen LogP contribution is -2.60. The van der Waals surface area contributed by atoms with E-state index in [1.54, 1.807) is 19.4 Å². The highest BCUT2D eigenvalue weighted by molar-refractivity contribution is 5.86. The largest absolute Gasteiger partial charge is 0.362 e. The van der Waals surface area contributed by atoms with Gasteiger partial charge >= 0.3 is 0 Å². The number of ether oxygens (including phenoxy) is 1. The molecule has 0 spiro atoms. The number of rotatable bonds is 6. The number of nitrogens with zero attached hydrogens (tertiary/aromatic N) is 3. The molecule has 6 heteroatoms. The van der Waals surface area contributed by atoms with Crippen LogP contribution in [0.25, 0.3) is 11.1 Å². The minimum atomic E-state index is -0.928. The van der Waals surface area contributed by atoms with Crippen molar-refractivity contribution in [2.45, 2.75) is 18.6 Å². The molecule has 30 heavy (non-hydrogen) atoms. The first-order valence-corrected chi connectivity index (χ1v) is 10.2. The predicted octanol–water partition coefficient (Wildman–Crippen LogP) is 2.70. The minimum Gasteiger partial charge on any atom is -0.362 e. The first kappa shape index (κ1) is 20.2. The quantitative estimate of drug-likeness (QED) is 0.687. The maximum absolute atomic E-state index is 13.0. The monoisotopic (exact) mass is 402 g/mol. The molecule has 1 aliphatic heterocycles. The molecule has 1 N–H and O–H groups in total. The predicted molar refractivity (Wildman–Crippen MR) is 116 cm³/mol. The topological polar surface area (TPSA) is 67.4 Å². The van der Waals surface area contributed by atoms with Crippen molar-refractivity contribution in [2.24, 2.45) is 0 Å².